The highest BCUT2D eigenvalue weighted by Gasteiger charge is 2.48. The molecule has 21 heavy (non-hydrogen) atoms. The van der Waals surface area contributed by atoms with Crippen molar-refractivity contribution in [3.8, 4) is 0 Å². The summed E-state index contributed by atoms with van der Waals surface area (Å²) in [7, 11) is 2.22. The van der Waals surface area contributed by atoms with Crippen molar-refractivity contribution in [2.24, 2.45) is 16.6 Å². The molecule has 1 aliphatic carbocycles. The number of likely N-dealkylation sites (N-methyl/N-ethyl adjacent to an activating group) is 1. The van der Waals surface area contributed by atoms with Gasteiger partial charge < -0.3 is 10.2 Å². The zero-order valence-electron chi connectivity index (χ0n) is 14.6. The van der Waals surface area contributed by atoms with Crippen LogP contribution in [-0.4, -0.2) is 24.0 Å². The highest BCUT2D eigenvalue weighted by Crippen LogP contribution is 2.51. The highest BCUT2D eigenvalue weighted by atomic mass is 16.3. The Morgan fingerprint density at radius 2 is 1.71 bits per heavy atom. The molecular formula is C18H32N2O. The van der Waals surface area contributed by atoms with E-state index in [4.69, 9.17) is 10.2 Å². The Hall–Kier alpha value is -0.800. The number of nitrogens with two attached hydrogens (primary N) is 1. The minimum atomic E-state index is 0.0783. The average molecular weight is 292 g/mol. The molecule has 120 valence electrons. The van der Waals surface area contributed by atoms with E-state index in [1.807, 2.05) is 6.92 Å². The smallest absolute Gasteiger partial charge is 0.105 e. The van der Waals surface area contributed by atoms with Crippen LogP contribution in [0.3, 0.4) is 0 Å². The van der Waals surface area contributed by atoms with Gasteiger partial charge in [0.2, 0.25) is 0 Å². The van der Waals surface area contributed by atoms with Gasteiger partial charge in [-0.25, -0.2) is 0 Å². The van der Waals surface area contributed by atoms with E-state index in [0.29, 0.717) is 17.4 Å². The summed E-state index contributed by atoms with van der Waals surface area (Å²) in [5.41, 5.74) is 8.30. The summed E-state index contributed by atoms with van der Waals surface area (Å²) in [6, 6.07) is 2.08. The first kappa shape index (κ1) is 16.6. The molecule has 1 aromatic heterocycles. The summed E-state index contributed by atoms with van der Waals surface area (Å²) in [6.45, 7) is 13.2. The maximum atomic E-state index is 6.28. The van der Waals surface area contributed by atoms with Crippen LogP contribution in [0.4, 0.5) is 0 Å². The first-order chi connectivity index (χ1) is 9.59. The minimum Gasteiger partial charge on any atom is -0.469 e. The molecule has 2 rings (SSSR count). The zero-order valence-corrected chi connectivity index (χ0v) is 14.6. The standard InChI is InChI=1S/C18H32N2O/c1-14-15(7-8-21-14)9-20(6)18(13-19)11-16(2,3)10-17(4,5)12-18/h7-8H,9-13,19H2,1-6H3. The zero-order chi connectivity index (χ0) is 15.9. The van der Waals surface area contributed by atoms with Gasteiger partial charge in [0.05, 0.1) is 6.26 Å². The van der Waals surface area contributed by atoms with Crippen LogP contribution >= 0.6 is 0 Å². The Balaban J connectivity index is 2.25. The van der Waals surface area contributed by atoms with Crippen LogP contribution in [0.5, 0.6) is 0 Å². The molecule has 1 heterocycles. The van der Waals surface area contributed by atoms with Crippen molar-refractivity contribution >= 4 is 0 Å². The number of rotatable bonds is 4. The molecule has 0 aliphatic heterocycles. The number of nitrogens with zero attached hydrogens (tertiary/aromatic N) is 1. The van der Waals surface area contributed by atoms with Crippen molar-refractivity contribution in [2.75, 3.05) is 13.6 Å². The molecule has 3 nitrogen and oxygen atoms in total. The Labute approximate surface area is 129 Å². The quantitative estimate of drug-likeness (QED) is 0.913. The highest BCUT2D eigenvalue weighted by molar-refractivity contribution is 5.16. The maximum absolute atomic E-state index is 6.28. The largest absolute Gasteiger partial charge is 0.469 e. The van der Waals surface area contributed by atoms with E-state index in [0.717, 1.165) is 25.1 Å². The molecule has 0 radical (unpaired) electrons. The molecule has 1 aromatic rings. The van der Waals surface area contributed by atoms with Crippen LogP contribution in [-0.2, 0) is 6.54 Å². The van der Waals surface area contributed by atoms with E-state index in [9.17, 15) is 0 Å². The van der Waals surface area contributed by atoms with Crippen LogP contribution in [0.2, 0.25) is 0 Å². The number of hydrogen-bond acceptors (Lipinski definition) is 3. The second kappa shape index (κ2) is 5.44. The molecule has 0 saturated heterocycles. The monoisotopic (exact) mass is 292 g/mol. The second-order valence-electron chi connectivity index (χ2n) is 8.65. The van der Waals surface area contributed by atoms with Crippen LogP contribution in [0.25, 0.3) is 0 Å². The Morgan fingerprint density at radius 1 is 1.14 bits per heavy atom. The Bertz CT molecular complexity index is 471. The lowest BCUT2D eigenvalue weighted by Crippen LogP contribution is -2.59. The summed E-state index contributed by atoms with van der Waals surface area (Å²) >= 11 is 0. The summed E-state index contributed by atoms with van der Waals surface area (Å²) in [4.78, 5) is 2.47. The molecule has 1 aliphatic rings. The third-order valence-electron chi connectivity index (χ3n) is 5.14. The van der Waals surface area contributed by atoms with E-state index in [1.165, 1.54) is 12.0 Å². The molecule has 3 heteroatoms. The fourth-order valence-electron chi connectivity index (χ4n) is 4.83. The molecular weight excluding hydrogens is 260 g/mol. The van der Waals surface area contributed by atoms with E-state index in [1.54, 1.807) is 6.26 Å². The lowest BCUT2D eigenvalue weighted by Gasteiger charge is -2.55. The topological polar surface area (TPSA) is 42.4 Å². The van der Waals surface area contributed by atoms with E-state index < -0.39 is 0 Å². The van der Waals surface area contributed by atoms with Crippen LogP contribution in [0, 0.1) is 17.8 Å². The molecule has 1 saturated carbocycles. The molecule has 0 unspecified atom stereocenters. The number of hydrogen-bond donors (Lipinski definition) is 1. The fraction of sp³-hybridized carbons (Fsp3) is 0.778. The predicted molar refractivity (Wildman–Crippen MR) is 88.1 cm³/mol. The second-order valence-corrected chi connectivity index (χ2v) is 8.65. The molecule has 1 fully saturated rings. The Kier molecular flexibility index (Phi) is 4.29. The van der Waals surface area contributed by atoms with Crippen molar-refractivity contribution in [3.05, 3.63) is 23.7 Å². The SMILES string of the molecule is Cc1occc1CN(C)C1(CN)CC(C)(C)CC(C)(C)C1. The van der Waals surface area contributed by atoms with Crippen LogP contribution in [0.1, 0.15) is 58.3 Å². The number of aryl methyl sites for hydroxylation is 1. The van der Waals surface area contributed by atoms with E-state index in [2.05, 4.69) is 45.7 Å². The average Bonchev–Trinajstić information content (AvgIpc) is 2.71. The molecule has 0 bridgehead atoms. The van der Waals surface area contributed by atoms with E-state index >= 15 is 0 Å². The van der Waals surface area contributed by atoms with Crippen molar-refractivity contribution < 1.29 is 4.42 Å². The van der Waals surface area contributed by atoms with E-state index in [-0.39, 0.29) is 5.54 Å². The predicted octanol–water partition coefficient (Wildman–Crippen LogP) is 3.95. The van der Waals surface area contributed by atoms with Gasteiger partial charge in [0, 0.05) is 24.2 Å². The van der Waals surface area contributed by atoms with Gasteiger partial charge in [-0.1, -0.05) is 27.7 Å². The van der Waals surface area contributed by atoms with Gasteiger partial charge in [0.25, 0.3) is 0 Å². The third kappa shape index (κ3) is 3.51. The lowest BCUT2D eigenvalue weighted by molar-refractivity contribution is -0.0357. The summed E-state index contributed by atoms with van der Waals surface area (Å²) in [5.74, 6) is 1.02. The van der Waals surface area contributed by atoms with Crippen LogP contribution in [0.15, 0.2) is 16.7 Å². The summed E-state index contributed by atoms with van der Waals surface area (Å²) in [5, 5.41) is 0. The number of furan rings is 1. The maximum Gasteiger partial charge on any atom is 0.105 e. The molecule has 0 atom stereocenters. The van der Waals surface area contributed by atoms with Gasteiger partial charge in [-0.3, -0.25) is 4.90 Å². The fourth-order valence-corrected chi connectivity index (χ4v) is 4.83. The Morgan fingerprint density at radius 3 is 2.14 bits per heavy atom. The van der Waals surface area contributed by atoms with Gasteiger partial charge in [0.15, 0.2) is 0 Å². The van der Waals surface area contributed by atoms with Crippen molar-refractivity contribution in [1.29, 1.82) is 0 Å². The van der Waals surface area contributed by atoms with Gasteiger partial charge in [-0.15, -0.1) is 0 Å². The van der Waals surface area contributed by atoms with Gasteiger partial charge in [-0.2, -0.15) is 0 Å². The van der Waals surface area contributed by atoms with Gasteiger partial charge in [0.1, 0.15) is 5.76 Å². The normalized spacial score (nSPS) is 23.4. The summed E-state index contributed by atoms with van der Waals surface area (Å²) in [6.07, 6.45) is 5.36. The third-order valence-corrected chi connectivity index (χ3v) is 5.14. The lowest BCUT2D eigenvalue weighted by atomic mass is 9.58. The van der Waals surface area contributed by atoms with Crippen molar-refractivity contribution in [2.45, 2.75) is 66.0 Å². The molecule has 0 amide bonds. The van der Waals surface area contributed by atoms with Gasteiger partial charge in [-0.05, 0) is 50.1 Å². The molecule has 0 aromatic carbocycles. The summed E-state index contributed by atoms with van der Waals surface area (Å²) < 4.78 is 5.44. The van der Waals surface area contributed by atoms with Crippen LogP contribution < -0.4 is 5.73 Å². The van der Waals surface area contributed by atoms with Gasteiger partial charge >= 0.3 is 0 Å². The van der Waals surface area contributed by atoms with Crippen molar-refractivity contribution in [3.63, 3.8) is 0 Å². The van der Waals surface area contributed by atoms with Crippen molar-refractivity contribution in [1.82, 2.24) is 4.90 Å². The first-order valence-corrected chi connectivity index (χ1v) is 8.04. The first-order valence-electron chi connectivity index (χ1n) is 8.04. The molecule has 0 spiro atoms. The molecule has 2 N–H and O–H groups in total. The minimum absolute atomic E-state index is 0.0783.